The lowest BCUT2D eigenvalue weighted by Crippen LogP contribution is -2.40. The molecular weight excluding hydrogens is 261 g/mol. The fraction of sp³-hybridized carbons (Fsp3) is 1.00. The Morgan fingerprint density at radius 3 is 2.72 bits per heavy atom. The summed E-state index contributed by atoms with van der Waals surface area (Å²) < 4.78 is 24.6. The minimum atomic E-state index is -3.63. The van der Waals surface area contributed by atoms with E-state index in [4.69, 9.17) is 15.8 Å². The van der Waals surface area contributed by atoms with Gasteiger partial charge >= 0.3 is 17.3 Å². The Labute approximate surface area is 107 Å². The summed E-state index contributed by atoms with van der Waals surface area (Å²) in [5, 5.41) is 17.5. The maximum atomic E-state index is 11.7. The highest BCUT2D eigenvalue weighted by molar-refractivity contribution is 7.87. The summed E-state index contributed by atoms with van der Waals surface area (Å²) in [5.74, 6) is 0.0252. The maximum absolute atomic E-state index is 11.7. The third-order valence-corrected chi connectivity index (χ3v) is 4.38. The van der Waals surface area contributed by atoms with Crippen LogP contribution in [0.25, 0.3) is 0 Å². The zero-order valence-corrected chi connectivity index (χ0v) is 11.1. The molecule has 1 aliphatic heterocycles. The van der Waals surface area contributed by atoms with E-state index in [1.54, 1.807) is 0 Å². The Bertz CT molecular complexity index is 353. The molecule has 0 spiro atoms. The summed E-state index contributed by atoms with van der Waals surface area (Å²) in [6, 6.07) is -0.241. The van der Waals surface area contributed by atoms with Gasteiger partial charge in [-0.25, -0.2) is 0 Å². The minimum absolute atomic E-state index is 0.0252. The molecule has 0 aromatic heterocycles. The van der Waals surface area contributed by atoms with Crippen LogP contribution in [0, 0.1) is 5.92 Å². The van der Waals surface area contributed by atoms with Crippen LogP contribution in [0.5, 0.6) is 0 Å². The van der Waals surface area contributed by atoms with Crippen molar-refractivity contribution < 1.29 is 23.3 Å². The van der Waals surface area contributed by atoms with Gasteiger partial charge in [0, 0.05) is 19.1 Å². The number of nitrogens with two attached hydrogens (primary N) is 1. The second-order valence-corrected chi connectivity index (χ2v) is 6.08. The molecular formula is C8H20BN3O5S. The molecule has 106 valence electrons. The van der Waals surface area contributed by atoms with E-state index in [0.29, 0.717) is 19.4 Å². The molecule has 0 bridgehead atoms. The van der Waals surface area contributed by atoms with E-state index in [2.05, 4.69) is 4.84 Å². The van der Waals surface area contributed by atoms with Crippen molar-refractivity contribution in [3.8, 4) is 0 Å². The molecule has 1 rings (SSSR count). The zero-order chi connectivity index (χ0) is 13.8. The molecule has 8 nitrogen and oxygen atoms in total. The van der Waals surface area contributed by atoms with Crippen molar-refractivity contribution in [3.05, 3.63) is 0 Å². The molecule has 0 unspecified atom stereocenters. The van der Waals surface area contributed by atoms with Crippen molar-refractivity contribution in [2.24, 2.45) is 11.7 Å². The summed E-state index contributed by atoms with van der Waals surface area (Å²) in [6.45, 7) is 0.562. The van der Waals surface area contributed by atoms with Crippen LogP contribution in [0.3, 0.4) is 0 Å². The highest BCUT2D eigenvalue weighted by Crippen LogP contribution is 2.23. The molecule has 0 aromatic carbocycles. The predicted molar refractivity (Wildman–Crippen MR) is 66.3 cm³/mol. The Kier molecular flexibility index (Phi) is 5.98. The summed E-state index contributed by atoms with van der Waals surface area (Å²) >= 11 is 0. The SMILES string of the molecule is CONS(=O)(=O)N1C[C@H](CCCB(O)O)[C@@H](N)C1. The van der Waals surface area contributed by atoms with Crippen molar-refractivity contribution in [2.45, 2.75) is 25.2 Å². The molecule has 1 aliphatic rings. The second-order valence-electron chi connectivity index (χ2n) is 4.44. The average molecular weight is 281 g/mol. The highest BCUT2D eigenvalue weighted by atomic mass is 32.2. The van der Waals surface area contributed by atoms with Crippen molar-refractivity contribution in [1.29, 1.82) is 0 Å². The summed E-state index contributed by atoms with van der Waals surface area (Å²) in [5.41, 5.74) is 5.88. The van der Waals surface area contributed by atoms with Gasteiger partial charge in [0.2, 0.25) is 0 Å². The third-order valence-electron chi connectivity index (χ3n) is 3.02. The van der Waals surface area contributed by atoms with E-state index in [9.17, 15) is 8.42 Å². The van der Waals surface area contributed by atoms with Crippen molar-refractivity contribution in [2.75, 3.05) is 20.2 Å². The maximum Gasteiger partial charge on any atom is 0.451 e. The van der Waals surface area contributed by atoms with Gasteiger partial charge in [0.05, 0.1) is 7.11 Å². The van der Waals surface area contributed by atoms with Crippen LogP contribution in [0.2, 0.25) is 6.32 Å². The number of rotatable bonds is 7. The van der Waals surface area contributed by atoms with E-state index < -0.39 is 17.3 Å². The van der Waals surface area contributed by atoms with Crippen molar-refractivity contribution in [3.63, 3.8) is 0 Å². The normalized spacial score (nSPS) is 25.6. The van der Waals surface area contributed by atoms with Crippen LogP contribution < -0.4 is 10.6 Å². The summed E-state index contributed by atoms with van der Waals surface area (Å²) in [6.07, 6.45) is 1.53. The van der Waals surface area contributed by atoms with Crippen molar-refractivity contribution >= 4 is 17.3 Å². The van der Waals surface area contributed by atoms with Gasteiger partial charge < -0.3 is 15.8 Å². The molecule has 10 heteroatoms. The van der Waals surface area contributed by atoms with Crippen LogP contribution in [-0.2, 0) is 15.0 Å². The van der Waals surface area contributed by atoms with E-state index in [1.807, 2.05) is 4.89 Å². The molecule has 2 atom stereocenters. The van der Waals surface area contributed by atoms with Crippen LogP contribution in [0.15, 0.2) is 0 Å². The van der Waals surface area contributed by atoms with E-state index in [0.717, 1.165) is 0 Å². The monoisotopic (exact) mass is 281 g/mol. The summed E-state index contributed by atoms with van der Waals surface area (Å²) in [7, 11) is -3.73. The fourth-order valence-electron chi connectivity index (χ4n) is 2.08. The van der Waals surface area contributed by atoms with Crippen molar-refractivity contribution in [1.82, 2.24) is 9.19 Å². The molecule has 0 amide bonds. The van der Waals surface area contributed by atoms with E-state index >= 15 is 0 Å². The first-order valence-electron chi connectivity index (χ1n) is 5.78. The molecule has 18 heavy (non-hydrogen) atoms. The van der Waals surface area contributed by atoms with Gasteiger partial charge in [-0.05, 0) is 18.7 Å². The third kappa shape index (κ3) is 4.46. The first kappa shape index (κ1) is 15.8. The number of hydrogen-bond donors (Lipinski definition) is 4. The Morgan fingerprint density at radius 2 is 2.17 bits per heavy atom. The highest BCUT2D eigenvalue weighted by Gasteiger charge is 2.36. The minimum Gasteiger partial charge on any atom is -0.427 e. The first-order chi connectivity index (χ1) is 8.36. The van der Waals surface area contributed by atoms with Gasteiger partial charge in [0.1, 0.15) is 0 Å². The molecule has 0 aromatic rings. The lowest BCUT2D eigenvalue weighted by atomic mass is 9.82. The van der Waals surface area contributed by atoms with Gasteiger partial charge in [-0.3, -0.25) is 4.84 Å². The molecule has 1 heterocycles. The first-order valence-corrected chi connectivity index (χ1v) is 7.22. The number of nitrogens with zero attached hydrogens (tertiary/aromatic N) is 1. The molecule has 0 aliphatic carbocycles. The topological polar surface area (TPSA) is 125 Å². The smallest absolute Gasteiger partial charge is 0.427 e. The number of hydrogen-bond acceptors (Lipinski definition) is 6. The lowest BCUT2D eigenvalue weighted by Gasteiger charge is -2.15. The largest absolute Gasteiger partial charge is 0.451 e. The number of nitrogens with one attached hydrogen (secondary N) is 1. The van der Waals surface area contributed by atoms with Gasteiger partial charge in [-0.2, -0.15) is 12.7 Å². The zero-order valence-electron chi connectivity index (χ0n) is 10.3. The molecule has 0 saturated carbocycles. The Morgan fingerprint density at radius 1 is 1.50 bits per heavy atom. The van der Waals surface area contributed by atoms with Crippen LogP contribution >= 0.6 is 0 Å². The quantitative estimate of drug-likeness (QED) is 0.313. The van der Waals surface area contributed by atoms with Gasteiger partial charge in [0.15, 0.2) is 0 Å². The molecule has 0 radical (unpaired) electrons. The molecule has 1 saturated heterocycles. The van der Waals surface area contributed by atoms with E-state index in [1.165, 1.54) is 11.4 Å². The summed E-state index contributed by atoms with van der Waals surface area (Å²) in [4.78, 5) is 6.36. The second kappa shape index (κ2) is 6.80. The van der Waals surface area contributed by atoms with Crippen LogP contribution in [-0.4, -0.2) is 56.1 Å². The average Bonchev–Trinajstić information content (AvgIpc) is 2.60. The predicted octanol–water partition coefficient (Wildman–Crippen LogP) is -2.11. The Balaban J connectivity index is 2.46. The lowest BCUT2D eigenvalue weighted by molar-refractivity contribution is 0.146. The van der Waals surface area contributed by atoms with Crippen LogP contribution in [0.1, 0.15) is 12.8 Å². The van der Waals surface area contributed by atoms with Crippen LogP contribution in [0.4, 0.5) is 0 Å². The Hall–Kier alpha value is -0.225. The molecule has 1 fully saturated rings. The standard InChI is InChI=1S/C8H20BN3O5S/c1-17-11-18(15,16)12-5-7(8(10)6-12)3-2-4-9(13)14/h7-8,11,13-14H,2-6,10H2,1H3/t7-,8-/m0/s1. The van der Waals surface area contributed by atoms with Gasteiger partial charge in [-0.1, -0.05) is 11.3 Å². The van der Waals surface area contributed by atoms with E-state index in [-0.39, 0.29) is 24.8 Å². The fourth-order valence-corrected chi connectivity index (χ4v) is 3.15. The van der Waals surface area contributed by atoms with Gasteiger partial charge in [-0.15, -0.1) is 0 Å². The van der Waals surface area contributed by atoms with Gasteiger partial charge in [0.25, 0.3) is 0 Å². The molecule has 5 N–H and O–H groups in total.